The second-order valence-corrected chi connectivity index (χ2v) is 5.35. The average Bonchev–Trinajstić information content (AvgIpc) is 2.49. The SMILES string of the molecule is Cc1ccc2ncn([C@H](C)Cc3ccccn3)c(=O)c2c1. The lowest BCUT2D eigenvalue weighted by atomic mass is 10.1. The van der Waals surface area contributed by atoms with Crippen molar-refractivity contribution in [3.63, 3.8) is 0 Å². The van der Waals surface area contributed by atoms with Crippen LogP contribution in [0, 0.1) is 6.92 Å². The van der Waals surface area contributed by atoms with Crippen molar-refractivity contribution in [2.45, 2.75) is 26.3 Å². The lowest BCUT2D eigenvalue weighted by Gasteiger charge is -2.15. The summed E-state index contributed by atoms with van der Waals surface area (Å²) in [4.78, 5) is 21.3. The van der Waals surface area contributed by atoms with E-state index in [9.17, 15) is 4.79 Å². The third-order valence-corrected chi connectivity index (χ3v) is 3.64. The maximum Gasteiger partial charge on any atom is 0.261 e. The second kappa shape index (κ2) is 5.48. The van der Waals surface area contributed by atoms with Crippen molar-refractivity contribution < 1.29 is 0 Å². The molecule has 0 aliphatic rings. The minimum atomic E-state index is 0.00660. The van der Waals surface area contributed by atoms with Gasteiger partial charge in [0, 0.05) is 24.4 Å². The summed E-state index contributed by atoms with van der Waals surface area (Å²) in [7, 11) is 0. The number of benzene rings is 1. The number of pyridine rings is 1. The van der Waals surface area contributed by atoms with E-state index in [0.29, 0.717) is 11.8 Å². The van der Waals surface area contributed by atoms with E-state index in [2.05, 4.69) is 9.97 Å². The van der Waals surface area contributed by atoms with Crippen LogP contribution >= 0.6 is 0 Å². The zero-order valence-corrected chi connectivity index (χ0v) is 12.2. The molecule has 0 fully saturated rings. The molecule has 4 heteroatoms. The van der Waals surface area contributed by atoms with Gasteiger partial charge in [0.2, 0.25) is 0 Å². The molecule has 0 bridgehead atoms. The van der Waals surface area contributed by atoms with E-state index in [1.165, 1.54) is 0 Å². The molecule has 0 spiro atoms. The number of rotatable bonds is 3. The molecule has 0 aliphatic carbocycles. The van der Waals surface area contributed by atoms with Crippen molar-refractivity contribution in [1.82, 2.24) is 14.5 Å². The predicted octanol–water partition coefficient (Wildman–Crippen LogP) is 2.90. The highest BCUT2D eigenvalue weighted by molar-refractivity contribution is 5.77. The van der Waals surface area contributed by atoms with E-state index < -0.39 is 0 Å². The molecule has 1 aromatic carbocycles. The Morgan fingerprint density at radius 2 is 2.05 bits per heavy atom. The van der Waals surface area contributed by atoms with Crippen LogP contribution in [0.15, 0.2) is 53.7 Å². The molecule has 0 aliphatic heterocycles. The van der Waals surface area contributed by atoms with Crippen LogP contribution in [0.25, 0.3) is 10.9 Å². The molecule has 0 saturated heterocycles. The first kappa shape index (κ1) is 13.5. The first-order valence-corrected chi connectivity index (χ1v) is 7.02. The van der Waals surface area contributed by atoms with Crippen molar-refractivity contribution in [1.29, 1.82) is 0 Å². The Bertz CT molecular complexity index is 824. The van der Waals surface area contributed by atoms with Gasteiger partial charge in [0.15, 0.2) is 0 Å². The highest BCUT2D eigenvalue weighted by Crippen LogP contribution is 2.13. The highest BCUT2D eigenvalue weighted by Gasteiger charge is 2.11. The standard InChI is InChI=1S/C17H17N3O/c1-12-6-7-16-15(9-12)17(21)20(11-19-16)13(2)10-14-5-3-4-8-18-14/h3-9,11,13H,10H2,1-2H3/t13-/m1/s1. The van der Waals surface area contributed by atoms with Gasteiger partial charge in [0.25, 0.3) is 5.56 Å². The smallest absolute Gasteiger partial charge is 0.261 e. The second-order valence-electron chi connectivity index (χ2n) is 5.35. The zero-order chi connectivity index (χ0) is 14.8. The Morgan fingerprint density at radius 1 is 1.19 bits per heavy atom. The molecule has 0 saturated carbocycles. The van der Waals surface area contributed by atoms with E-state index in [4.69, 9.17) is 0 Å². The summed E-state index contributed by atoms with van der Waals surface area (Å²) in [5.74, 6) is 0. The fourth-order valence-electron chi connectivity index (χ4n) is 2.48. The molecule has 2 aromatic heterocycles. The van der Waals surface area contributed by atoms with Gasteiger partial charge in [-0.05, 0) is 38.1 Å². The van der Waals surface area contributed by atoms with Crippen molar-refractivity contribution in [2.75, 3.05) is 0 Å². The normalized spacial score (nSPS) is 12.5. The average molecular weight is 279 g/mol. The molecule has 0 unspecified atom stereocenters. The van der Waals surface area contributed by atoms with Crippen molar-refractivity contribution in [3.05, 3.63) is 70.5 Å². The van der Waals surface area contributed by atoms with Crippen molar-refractivity contribution in [3.8, 4) is 0 Å². The summed E-state index contributed by atoms with van der Waals surface area (Å²) in [5, 5.41) is 0.672. The van der Waals surface area contributed by atoms with Crippen LogP contribution in [0.4, 0.5) is 0 Å². The van der Waals surface area contributed by atoms with Crippen molar-refractivity contribution >= 4 is 10.9 Å². The summed E-state index contributed by atoms with van der Waals surface area (Å²) >= 11 is 0. The fourth-order valence-corrected chi connectivity index (χ4v) is 2.48. The number of fused-ring (bicyclic) bond motifs is 1. The molecular formula is C17H17N3O. The number of aromatic nitrogens is 3. The largest absolute Gasteiger partial charge is 0.295 e. The Labute approximate surface area is 123 Å². The summed E-state index contributed by atoms with van der Waals surface area (Å²) < 4.78 is 1.69. The van der Waals surface area contributed by atoms with Crippen LogP contribution in [0.1, 0.15) is 24.2 Å². The van der Waals surface area contributed by atoms with Crippen molar-refractivity contribution in [2.24, 2.45) is 0 Å². The lowest BCUT2D eigenvalue weighted by Crippen LogP contribution is -2.25. The molecular weight excluding hydrogens is 262 g/mol. The van der Waals surface area contributed by atoms with Crippen LogP contribution in [-0.4, -0.2) is 14.5 Å². The number of hydrogen-bond acceptors (Lipinski definition) is 3. The van der Waals surface area contributed by atoms with E-state index >= 15 is 0 Å². The van der Waals surface area contributed by atoms with Gasteiger partial charge in [0.1, 0.15) is 0 Å². The quantitative estimate of drug-likeness (QED) is 0.740. The Morgan fingerprint density at radius 3 is 2.81 bits per heavy atom. The van der Waals surface area contributed by atoms with Crippen LogP contribution in [0.5, 0.6) is 0 Å². The summed E-state index contributed by atoms with van der Waals surface area (Å²) in [6.07, 6.45) is 4.11. The maximum atomic E-state index is 12.6. The molecule has 2 heterocycles. The minimum absolute atomic E-state index is 0.00660. The predicted molar refractivity (Wildman–Crippen MR) is 83.4 cm³/mol. The van der Waals surface area contributed by atoms with Crippen LogP contribution < -0.4 is 5.56 Å². The van der Waals surface area contributed by atoms with Gasteiger partial charge in [0.05, 0.1) is 17.2 Å². The summed E-state index contributed by atoms with van der Waals surface area (Å²) in [6, 6.07) is 11.6. The molecule has 4 nitrogen and oxygen atoms in total. The molecule has 1 atom stereocenters. The number of aryl methyl sites for hydroxylation is 1. The van der Waals surface area contributed by atoms with E-state index in [0.717, 1.165) is 16.8 Å². The van der Waals surface area contributed by atoms with Gasteiger partial charge >= 0.3 is 0 Å². The van der Waals surface area contributed by atoms with Gasteiger partial charge in [-0.15, -0.1) is 0 Å². The molecule has 3 rings (SSSR count). The molecule has 0 amide bonds. The van der Waals surface area contributed by atoms with E-state index in [1.54, 1.807) is 17.1 Å². The highest BCUT2D eigenvalue weighted by atomic mass is 16.1. The molecule has 21 heavy (non-hydrogen) atoms. The number of hydrogen-bond donors (Lipinski definition) is 0. The Kier molecular flexibility index (Phi) is 3.52. The first-order valence-electron chi connectivity index (χ1n) is 7.02. The fraction of sp³-hybridized carbons (Fsp3) is 0.235. The van der Waals surface area contributed by atoms with E-state index in [1.807, 2.05) is 50.2 Å². The molecule has 0 N–H and O–H groups in total. The van der Waals surface area contributed by atoms with Gasteiger partial charge in [-0.25, -0.2) is 4.98 Å². The lowest BCUT2D eigenvalue weighted by molar-refractivity contribution is 0.517. The van der Waals surface area contributed by atoms with Gasteiger partial charge < -0.3 is 0 Å². The van der Waals surface area contributed by atoms with Gasteiger partial charge in [-0.2, -0.15) is 0 Å². The third-order valence-electron chi connectivity index (χ3n) is 3.64. The van der Waals surface area contributed by atoms with E-state index in [-0.39, 0.29) is 11.6 Å². The number of nitrogens with zero attached hydrogens (tertiary/aromatic N) is 3. The minimum Gasteiger partial charge on any atom is -0.295 e. The molecule has 106 valence electrons. The first-order chi connectivity index (χ1) is 10.1. The van der Waals surface area contributed by atoms with Crippen LogP contribution in [-0.2, 0) is 6.42 Å². The summed E-state index contributed by atoms with van der Waals surface area (Å²) in [6.45, 7) is 3.99. The van der Waals surface area contributed by atoms with Crippen LogP contribution in [0.2, 0.25) is 0 Å². The molecule has 0 radical (unpaired) electrons. The molecule has 3 aromatic rings. The topological polar surface area (TPSA) is 47.8 Å². The Hall–Kier alpha value is -2.49. The zero-order valence-electron chi connectivity index (χ0n) is 12.2. The van der Waals surface area contributed by atoms with Gasteiger partial charge in [-0.1, -0.05) is 17.7 Å². The summed E-state index contributed by atoms with van der Waals surface area (Å²) in [5.41, 5.74) is 2.79. The van der Waals surface area contributed by atoms with Crippen LogP contribution in [0.3, 0.4) is 0 Å². The van der Waals surface area contributed by atoms with Gasteiger partial charge in [-0.3, -0.25) is 14.3 Å². The Balaban J connectivity index is 2.00. The maximum absolute atomic E-state index is 12.6. The monoisotopic (exact) mass is 279 g/mol. The third kappa shape index (κ3) is 2.70.